The Labute approximate surface area is 212 Å². The zero-order valence-corrected chi connectivity index (χ0v) is 20.5. The molecule has 0 radical (unpaired) electrons. The van der Waals surface area contributed by atoms with Crippen LogP contribution in [0.2, 0.25) is 0 Å². The van der Waals surface area contributed by atoms with Crippen LogP contribution in [0.15, 0.2) is 48.8 Å². The van der Waals surface area contributed by atoms with Gasteiger partial charge in [0, 0.05) is 18.3 Å². The van der Waals surface area contributed by atoms with E-state index in [-0.39, 0.29) is 23.3 Å². The molecule has 1 amide bonds. The largest absolute Gasteiger partial charge is 0.416 e. The molecule has 0 bridgehead atoms. The highest BCUT2D eigenvalue weighted by molar-refractivity contribution is 5.97. The summed E-state index contributed by atoms with van der Waals surface area (Å²) in [5.74, 6) is 0.897. The second-order valence-electron chi connectivity index (χ2n) is 9.35. The molecule has 11 heteroatoms. The van der Waals surface area contributed by atoms with Crippen molar-refractivity contribution in [3.8, 4) is 11.7 Å². The standard InChI is InChI=1S/C26H26N8O3/c1-15-3-7-23(32-31-15)29-17-4-6-21-20(13-17)28-14-34(21)24-8-5-18(16(2)35)25(30-24)37-26(36)33-12-10-19-22(33)9-11-27-19/h3-8,13-14,19,22,27H,9-12H2,1-2H3,(H,29,32). The Balaban J connectivity index is 1.28. The fourth-order valence-electron chi connectivity index (χ4n) is 5.03. The molecule has 2 unspecified atom stereocenters. The van der Waals surface area contributed by atoms with E-state index in [0.29, 0.717) is 24.2 Å². The molecule has 6 rings (SSSR count). The van der Waals surface area contributed by atoms with Crippen molar-refractivity contribution in [1.82, 2.24) is 34.9 Å². The highest BCUT2D eigenvalue weighted by atomic mass is 16.6. The van der Waals surface area contributed by atoms with Gasteiger partial charge in [-0.3, -0.25) is 9.36 Å². The molecular formula is C26H26N8O3. The SMILES string of the molecule is CC(=O)c1ccc(-n2cnc3cc(Nc4ccc(C)nn4)ccc32)nc1OC(=O)N1CCC2NCCC21. The highest BCUT2D eigenvalue weighted by Crippen LogP contribution is 2.28. The topological polar surface area (TPSA) is 127 Å². The van der Waals surface area contributed by atoms with Gasteiger partial charge < -0.3 is 20.3 Å². The van der Waals surface area contributed by atoms with Crippen molar-refractivity contribution in [3.63, 3.8) is 0 Å². The van der Waals surface area contributed by atoms with Gasteiger partial charge in [-0.05, 0) is 75.7 Å². The normalized spacial score (nSPS) is 18.7. The average Bonchev–Trinajstić information content (AvgIpc) is 3.61. The number of hydrogen-bond acceptors (Lipinski definition) is 9. The number of aryl methyl sites for hydroxylation is 1. The number of aromatic nitrogens is 5. The maximum Gasteiger partial charge on any atom is 0.416 e. The first-order chi connectivity index (χ1) is 18.0. The van der Waals surface area contributed by atoms with Crippen molar-refractivity contribution in [2.45, 2.75) is 38.8 Å². The van der Waals surface area contributed by atoms with Crippen molar-refractivity contribution in [1.29, 1.82) is 0 Å². The minimum absolute atomic E-state index is 0.00230. The first kappa shape index (κ1) is 23.0. The molecule has 11 nitrogen and oxygen atoms in total. The van der Waals surface area contributed by atoms with Gasteiger partial charge in [0.15, 0.2) is 11.6 Å². The lowest BCUT2D eigenvalue weighted by Gasteiger charge is -2.22. The van der Waals surface area contributed by atoms with Crippen LogP contribution in [-0.2, 0) is 0 Å². The number of nitrogens with zero attached hydrogens (tertiary/aromatic N) is 6. The Morgan fingerprint density at radius 2 is 2.00 bits per heavy atom. The molecule has 2 fully saturated rings. The zero-order valence-electron chi connectivity index (χ0n) is 20.5. The Kier molecular flexibility index (Phi) is 5.76. The fourth-order valence-corrected chi connectivity index (χ4v) is 5.03. The van der Waals surface area contributed by atoms with Crippen molar-refractivity contribution in [2.24, 2.45) is 0 Å². The van der Waals surface area contributed by atoms with Crippen LogP contribution < -0.4 is 15.4 Å². The smallest absolute Gasteiger partial charge is 0.390 e. The number of ether oxygens (including phenoxy) is 1. The molecule has 1 aromatic carbocycles. The molecular weight excluding hydrogens is 472 g/mol. The maximum absolute atomic E-state index is 13.0. The zero-order chi connectivity index (χ0) is 25.5. The molecule has 0 spiro atoms. The van der Waals surface area contributed by atoms with Crippen LogP contribution in [-0.4, -0.2) is 66.7 Å². The number of carbonyl (C=O) groups excluding carboxylic acids is 2. The number of rotatable bonds is 5. The molecule has 0 aliphatic carbocycles. The Hall–Kier alpha value is -4.38. The van der Waals surface area contributed by atoms with Gasteiger partial charge in [-0.25, -0.2) is 9.78 Å². The minimum atomic E-state index is -0.478. The van der Waals surface area contributed by atoms with Gasteiger partial charge in [0.25, 0.3) is 0 Å². The van der Waals surface area contributed by atoms with Crippen LogP contribution in [0.1, 0.15) is 35.8 Å². The summed E-state index contributed by atoms with van der Waals surface area (Å²) in [4.78, 5) is 36.1. The highest BCUT2D eigenvalue weighted by Gasteiger charge is 2.41. The number of anilines is 2. The van der Waals surface area contributed by atoms with E-state index in [4.69, 9.17) is 4.74 Å². The average molecular weight is 499 g/mol. The molecule has 2 N–H and O–H groups in total. The van der Waals surface area contributed by atoms with Gasteiger partial charge in [-0.15, -0.1) is 5.10 Å². The predicted molar refractivity (Wildman–Crippen MR) is 136 cm³/mol. The lowest BCUT2D eigenvalue weighted by atomic mass is 10.1. The number of nitrogens with one attached hydrogen (secondary N) is 2. The molecule has 2 aliphatic rings. The van der Waals surface area contributed by atoms with Gasteiger partial charge in [-0.2, -0.15) is 10.1 Å². The number of fused-ring (bicyclic) bond motifs is 2. The third-order valence-corrected chi connectivity index (χ3v) is 6.90. The third-order valence-electron chi connectivity index (χ3n) is 6.90. The van der Waals surface area contributed by atoms with E-state index >= 15 is 0 Å². The number of carbonyl (C=O) groups is 2. The molecule has 3 aromatic heterocycles. The molecule has 37 heavy (non-hydrogen) atoms. The predicted octanol–water partition coefficient (Wildman–Crippen LogP) is 3.40. The van der Waals surface area contributed by atoms with Crippen LogP contribution in [0.4, 0.5) is 16.3 Å². The minimum Gasteiger partial charge on any atom is -0.390 e. The van der Waals surface area contributed by atoms with Crippen LogP contribution >= 0.6 is 0 Å². The summed E-state index contributed by atoms with van der Waals surface area (Å²) in [6.45, 7) is 4.82. The van der Waals surface area contributed by atoms with Gasteiger partial charge in [0.1, 0.15) is 12.1 Å². The Morgan fingerprint density at radius 1 is 1.11 bits per heavy atom. The van der Waals surface area contributed by atoms with Gasteiger partial charge in [0.2, 0.25) is 5.88 Å². The van der Waals surface area contributed by atoms with Crippen molar-refractivity contribution in [2.75, 3.05) is 18.4 Å². The number of benzene rings is 1. The van der Waals surface area contributed by atoms with E-state index in [9.17, 15) is 9.59 Å². The molecule has 2 aliphatic heterocycles. The maximum atomic E-state index is 13.0. The van der Waals surface area contributed by atoms with E-state index in [1.54, 1.807) is 27.9 Å². The number of Topliss-reactive ketones (excluding diaryl/α,β-unsaturated/α-hetero) is 1. The van der Waals surface area contributed by atoms with Crippen molar-refractivity contribution < 1.29 is 14.3 Å². The van der Waals surface area contributed by atoms with E-state index in [2.05, 4.69) is 30.8 Å². The van der Waals surface area contributed by atoms with Gasteiger partial charge >= 0.3 is 6.09 Å². The fraction of sp³-hybridized carbons (Fsp3) is 0.308. The monoisotopic (exact) mass is 498 g/mol. The summed E-state index contributed by atoms with van der Waals surface area (Å²) < 4.78 is 7.50. The molecule has 2 atom stereocenters. The summed E-state index contributed by atoms with van der Waals surface area (Å²) in [6.07, 6.45) is 2.95. The first-order valence-electron chi connectivity index (χ1n) is 12.2. The molecule has 2 saturated heterocycles. The van der Waals surface area contributed by atoms with E-state index in [1.165, 1.54) is 6.92 Å². The quantitative estimate of drug-likeness (QED) is 0.398. The van der Waals surface area contributed by atoms with Crippen LogP contribution in [0.5, 0.6) is 5.88 Å². The van der Waals surface area contributed by atoms with Crippen LogP contribution in [0.25, 0.3) is 16.9 Å². The van der Waals surface area contributed by atoms with E-state index in [1.807, 2.05) is 37.3 Å². The van der Waals surface area contributed by atoms with Crippen molar-refractivity contribution in [3.05, 3.63) is 60.0 Å². The second-order valence-corrected chi connectivity index (χ2v) is 9.35. The van der Waals surface area contributed by atoms with Gasteiger partial charge in [-0.1, -0.05) is 0 Å². The third kappa shape index (κ3) is 4.38. The number of amides is 1. The Bertz CT molecular complexity index is 1500. The van der Waals surface area contributed by atoms with Crippen LogP contribution in [0, 0.1) is 6.92 Å². The Morgan fingerprint density at radius 3 is 2.81 bits per heavy atom. The molecule has 0 saturated carbocycles. The van der Waals surface area contributed by atoms with E-state index in [0.717, 1.165) is 41.8 Å². The number of imidazole rings is 1. The summed E-state index contributed by atoms with van der Waals surface area (Å²) in [5.41, 5.74) is 3.45. The summed E-state index contributed by atoms with van der Waals surface area (Å²) in [5, 5.41) is 14.8. The molecule has 5 heterocycles. The van der Waals surface area contributed by atoms with Crippen molar-refractivity contribution >= 4 is 34.4 Å². The lowest BCUT2D eigenvalue weighted by molar-refractivity contribution is 0.101. The number of hydrogen-bond donors (Lipinski definition) is 2. The van der Waals surface area contributed by atoms with Gasteiger partial charge in [0.05, 0.1) is 28.3 Å². The number of pyridine rings is 1. The number of ketones is 1. The summed E-state index contributed by atoms with van der Waals surface area (Å²) in [7, 11) is 0. The first-order valence-corrected chi connectivity index (χ1v) is 12.2. The van der Waals surface area contributed by atoms with E-state index < -0.39 is 6.09 Å². The summed E-state index contributed by atoms with van der Waals surface area (Å²) >= 11 is 0. The summed E-state index contributed by atoms with van der Waals surface area (Å²) in [6, 6.07) is 13.2. The molecule has 188 valence electrons. The number of likely N-dealkylation sites (tertiary alicyclic amines) is 1. The van der Waals surface area contributed by atoms with Crippen LogP contribution in [0.3, 0.4) is 0 Å². The molecule has 4 aromatic rings. The lowest BCUT2D eigenvalue weighted by Crippen LogP contribution is -2.40. The second kappa shape index (κ2) is 9.25.